The van der Waals surface area contributed by atoms with Crippen molar-refractivity contribution >= 4 is 11.7 Å². The molecule has 0 saturated carbocycles. The van der Waals surface area contributed by atoms with Crippen molar-refractivity contribution in [1.82, 2.24) is 10.6 Å². The van der Waals surface area contributed by atoms with E-state index in [0.717, 1.165) is 35.4 Å². The molecule has 2 N–H and O–H groups in total. The highest BCUT2D eigenvalue weighted by Crippen LogP contribution is 2.38. The molecule has 4 nitrogen and oxygen atoms in total. The van der Waals surface area contributed by atoms with Gasteiger partial charge in [0.25, 0.3) is 0 Å². The molecule has 2 aliphatic rings. The summed E-state index contributed by atoms with van der Waals surface area (Å²) in [6, 6.07) is 16.1. The first-order valence-electron chi connectivity index (χ1n) is 8.38. The summed E-state index contributed by atoms with van der Waals surface area (Å²) in [5.41, 5.74) is 5.74. The van der Waals surface area contributed by atoms with Crippen LogP contribution < -0.4 is 15.4 Å². The number of hydrogen-bond acceptors (Lipinski definition) is 2. The van der Waals surface area contributed by atoms with Crippen LogP contribution in [0, 0.1) is 0 Å². The number of nitrogens with one attached hydrogen (secondary N) is 2. The highest BCUT2D eigenvalue weighted by atomic mass is 16.5. The van der Waals surface area contributed by atoms with Crippen LogP contribution in [-0.4, -0.2) is 12.6 Å². The Morgan fingerprint density at radius 3 is 2.67 bits per heavy atom. The number of urea groups is 1. The van der Waals surface area contributed by atoms with Gasteiger partial charge in [-0.2, -0.15) is 0 Å². The zero-order chi connectivity index (χ0) is 16.5. The smallest absolute Gasteiger partial charge is 0.319 e. The first kappa shape index (κ1) is 14.8. The molecule has 2 amide bonds. The standard InChI is InChI=1S/C20H20N2O2/c1-2-24-15-10-7-14(8-11-15)18-17-12-9-13-5-3-4-6-16(13)19(17)22-20(23)21-18/h3-8,10-11,18H,2,9,12H2,1H3,(H2,21,22,23). The molecular formula is C20H20N2O2. The summed E-state index contributed by atoms with van der Waals surface area (Å²) < 4.78 is 5.51. The quantitative estimate of drug-likeness (QED) is 0.904. The number of rotatable bonds is 3. The van der Waals surface area contributed by atoms with Gasteiger partial charge in [0.15, 0.2) is 0 Å². The van der Waals surface area contributed by atoms with E-state index in [0.29, 0.717) is 6.61 Å². The van der Waals surface area contributed by atoms with Crippen molar-refractivity contribution in [3.8, 4) is 5.75 Å². The molecule has 1 heterocycles. The van der Waals surface area contributed by atoms with E-state index in [2.05, 4.69) is 28.8 Å². The molecule has 1 aliphatic carbocycles. The Morgan fingerprint density at radius 2 is 1.88 bits per heavy atom. The molecule has 1 atom stereocenters. The van der Waals surface area contributed by atoms with E-state index in [-0.39, 0.29) is 12.1 Å². The Labute approximate surface area is 141 Å². The van der Waals surface area contributed by atoms with E-state index in [4.69, 9.17) is 4.74 Å². The topological polar surface area (TPSA) is 50.4 Å². The minimum absolute atomic E-state index is 0.0854. The summed E-state index contributed by atoms with van der Waals surface area (Å²) in [7, 11) is 0. The Morgan fingerprint density at radius 1 is 1.08 bits per heavy atom. The molecule has 1 unspecified atom stereocenters. The highest BCUT2D eigenvalue weighted by Gasteiger charge is 2.31. The minimum atomic E-state index is -0.149. The van der Waals surface area contributed by atoms with Crippen molar-refractivity contribution < 1.29 is 9.53 Å². The molecule has 24 heavy (non-hydrogen) atoms. The number of ether oxygens (including phenoxy) is 1. The van der Waals surface area contributed by atoms with Crippen molar-refractivity contribution in [2.24, 2.45) is 0 Å². The lowest BCUT2D eigenvalue weighted by molar-refractivity contribution is 0.240. The van der Waals surface area contributed by atoms with Gasteiger partial charge >= 0.3 is 6.03 Å². The summed E-state index contributed by atoms with van der Waals surface area (Å²) in [4.78, 5) is 12.2. The average molecular weight is 320 g/mol. The molecule has 4 rings (SSSR count). The number of fused-ring (bicyclic) bond motifs is 2. The molecule has 2 aromatic carbocycles. The van der Waals surface area contributed by atoms with E-state index in [1.807, 2.05) is 37.3 Å². The van der Waals surface area contributed by atoms with Gasteiger partial charge in [-0.05, 0) is 48.6 Å². The van der Waals surface area contributed by atoms with Crippen LogP contribution in [0.5, 0.6) is 5.75 Å². The molecule has 1 aliphatic heterocycles. The minimum Gasteiger partial charge on any atom is -0.494 e. The predicted octanol–water partition coefficient (Wildman–Crippen LogP) is 3.80. The van der Waals surface area contributed by atoms with Crippen LogP contribution in [0.4, 0.5) is 4.79 Å². The fourth-order valence-corrected chi connectivity index (χ4v) is 3.56. The van der Waals surface area contributed by atoms with Crippen LogP contribution in [-0.2, 0) is 6.42 Å². The Balaban J connectivity index is 1.75. The summed E-state index contributed by atoms with van der Waals surface area (Å²) in [5.74, 6) is 0.852. The fourth-order valence-electron chi connectivity index (χ4n) is 3.56. The molecule has 0 saturated heterocycles. The van der Waals surface area contributed by atoms with Gasteiger partial charge in [-0.15, -0.1) is 0 Å². The fraction of sp³-hybridized carbons (Fsp3) is 0.250. The van der Waals surface area contributed by atoms with Crippen molar-refractivity contribution in [2.45, 2.75) is 25.8 Å². The van der Waals surface area contributed by atoms with Gasteiger partial charge in [0.05, 0.1) is 18.3 Å². The molecule has 2 aromatic rings. The average Bonchev–Trinajstić information content (AvgIpc) is 2.62. The molecule has 0 fully saturated rings. The second kappa shape index (κ2) is 6.04. The van der Waals surface area contributed by atoms with Crippen molar-refractivity contribution in [2.75, 3.05) is 6.61 Å². The molecule has 122 valence electrons. The largest absolute Gasteiger partial charge is 0.494 e. The number of amides is 2. The lowest BCUT2D eigenvalue weighted by atomic mass is 9.83. The third-order valence-electron chi connectivity index (χ3n) is 4.66. The monoisotopic (exact) mass is 320 g/mol. The van der Waals surface area contributed by atoms with E-state index >= 15 is 0 Å². The van der Waals surface area contributed by atoms with Crippen molar-refractivity contribution in [3.63, 3.8) is 0 Å². The van der Waals surface area contributed by atoms with Crippen LogP contribution in [0.25, 0.3) is 5.70 Å². The zero-order valence-corrected chi connectivity index (χ0v) is 13.6. The third kappa shape index (κ3) is 2.54. The molecule has 0 spiro atoms. The summed E-state index contributed by atoms with van der Waals surface area (Å²) in [5, 5.41) is 6.08. The van der Waals surface area contributed by atoms with Crippen LogP contribution in [0.15, 0.2) is 54.1 Å². The van der Waals surface area contributed by atoms with E-state index in [9.17, 15) is 4.79 Å². The van der Waals surface area contributed by atoms with E-state index in [1.54, 1.807) is 0 Å². The van der Waals surface area contributed by atoms with Gasteiger partial charge in [-0.1, -0.05) is 36.4 Å². The highest BCUT2D eigenvalue weighted by molar-refractivity contribution is 5.91. The second-order valence-electron chi connectivity index (χ2n) is 6.09. The summed E-state index contributed by atoms with van der Waals surface area (Å²) in [6.45, 7) is 2.62. The van der Waals surface area contributed by atoms with Crippen molar-refractivity contribution in [3.05, 3.63) is 70.8 Å². The van der Waals surface area contributed by atoms with Crippen molar-refractivity contribution in [1.29, 1.82) is 0 Å². The molecule has 4 heteroatoms. The summed E-state index contributed by atoms with van der Waals surface area (Å²) >= 11 is 0. The number of benzene rings is 2. The maximum absolute atomic E-state index is 12.2. The Hall–Kier alpha value is -2.75. The van der Waals surface area contributed by atoms with Gasteiger partial charge in [-0.3, -0.25) is 0 Å². The lowest BCUT2D eigenvalue weighted by Crippen LogP contribution is -2.44. The zero-order valence-electron chi connectivity index (χ0n) is 13.6. The predicted molar refractivity (Wildman–Crippen MR) is 93.7 cm³/mol. The van der Waals surface area contributed by atoms with Crippen LogP contribution in [0.3, 0.4) is 0 Å². The second-order valence-corrected chi connectivity index (χ2v) is 6.09. The van der Waals surface area contributed by atoms with E-state index in [1.165, 1.54) is 11.1 Å². The van der Waals surface area contributed by atoms with Gasteiger partial charge in [0.1, 0.15) is 5.75 Å². The lowest BCUT2D eigenvalue weighted by Gasteiger charge is -2.34. The maximum atomic E-state index is 12.2. The van der Waals surface area contributed by atoms with Gasteiger partial charge in [0, 0.05) is 5.56 Å². The van der Waals surface area contributed by atoms with Crippen LogP contribution >= 0.6 is 0 Å². The Kier molecular flexibility index (Phi) is 3.73. The number of hydrogen-bond donors (Lipinski definition) is 2. The first-order valence-corrected chi connectivity index (χ1v) is 8.38. The molecule has 0 bridgehead atoms. The Bertz CT molecular complexity index is 809. The van der Waals surface area contributed by atoms with Gasteiger partial charge in [0.2, 0.25) is 0 Å². The number of carbonyl (C=O) groups is 1. The maximum Gasteiger partial charge on any atom is 0.319 e. The molecular weight excluding hydrogens is 300 g/mol. The first-order chi connectivity index (χ1) is 11.8. The molecule has 0 aromatic heterocycles. The SMILES string of the molecule is CCOc1ccc(C2NC(=O)NC3=C2CCc2ccccc23)cc1. The molecule has 0 radical (unpaired) electrons. The van der Waals surface area contributed by atoms with Gasteiger partial charge in [-0.25, -0.2) is 4.79 Å². The number of carbonyl (C=O) groups excluding carboxylic acids is 1. The third-order valence-corrected chi connectivity index (χ3v) is 4.66. The summed E-state index contributed by atoms with van der Waals surface area (Å²) in [6.07, 6.45) is 1.94. The van der Waals surface area contributed by atoms with Crippen LogP contribution in [0.2, 0.25) is 0 Å². The van der Waals surface area contributed by atoms with E-state index < -0.39 is 0 Å². The number of aryl methyl sites for hydroxylation is 1. The van der Waals surface area contributed by atoms with Crippen LogP contribution in [0.1, 0.15) is 36.1 Å². The normalized spacial score (nSPS) is 19.0. The van der Waals surface area contributed by atoms with Gasteiger partial charge < -0.3 is 15.4 Å².